The standard InChI is InChI=1S/C19H19NS/c1-12-13(2)21-18-7-6-14(10-16(12)18)17-11-15(8-9-20-17)19(3,4)5/h6-11H,1-2H2,3-5H3. The Bertz CT molecular complexity index is 913. The number of thiophene rings is 1. The van der Waals surface area contributed by atoms with Gasteiger partial charge in [0.2, 0.25) is 0 Å². The van der Waals surface area contributed by atoms with Crippen LogP contribution in [0, 0.1) is 0 Å². The minimum atomic E-state index is 0.127. The van der Waals surface area contributed by atoms with Crippen molar-refractivity contribution in [3.05, 3.63) is 51.8 Å². The molecule has 0 aliphatic carbocycles. The van der Waals surface area contributed by atoms with E-state index >= 15 is 0 Å². The number of aromatic nitrogens is 1. The van der Waals surface area contributed by atoms with Crippen LogP contribution in [0.25, 0.3) is 34.5 Å². The molecule has 0 amide bonds. The van der Waals surface area contributed by atoms with Crippen LogP contribution in [0.4, 0.5) is 0 Å². The molecule has 0 saturated heterocycles. The van der Waals surface area contributed by atoms with Gasteiger partial charge in [0.25, 0.3) is 0 Å². The van der Waals surface area contributed by atoms with Gasteiger partial charge in [-0.1, -0.05) is 40.0 Å². The summed E-state index contributed by atoms with van der Waals surface area (Å²) in [6.45, 7) is 14.8. The molecule has 106 valence electrons. The van der Waals surface area contributed by atoms with Crippen LogP contribution in [0.15, 0.2) is 36.5 Å². The topological polar surface area (TPSA) is 12.9 Å². The lowest BCUT2D eigenvalue weighted by molar-refractivity contribution is 0.589. The quantitative estimate of drug-likeness (QED) is 0.659. The third-order valence-electron chi connectivity index (χ3n) is 3.80. The highest BCUT2D eigenvalue weighted by molar-refractivity contribution is 7.17. The number of hydrogen-bond acceptors (Lipinski definition) is 2. The first kappa shape index (κ1) is 14.0. The maximum atomic E-state index is 4.53. The first-order valence-electron chi connectivity index (χ1n) is 7.03. The Morgan fingerprint density at radius 2 is 1.81 bits per heavy atom. The molecule has 2 aromatic heterocycles. The largest absolute Gasteiger partial charge is 0.256 e. The van der Waals surface area contributed by atoms with Crippen molar-refractivity contribution in [3.8, 4) is 11.3 Å². The zero-order valence-electron chi connectivity index (χ0n) is 12.7. The SMILES string of the molecule is C=c1sc2ccc(-c3cc(C(C)(C)C)ccn3)cc2c1=C. The van der Waals surface area contributed by atoms with Gasteiger partial charge in [-0.05, 0) is 40.5 Å². The predicted octanol–water partition coefficient (Wildman–Crippen LogP) is 4.08. The second kappa shape index (κ2) is 4.81. The van der Waals surface area contributed by atoms with E-state index in [1.807, 2.05) is 6.20 Å². The number of benzene rings is 1. The molecular formula is C19H19NS. The zero-order chi connectivity index (χ0) is 15.2. The lowest BCUT2D eigenvalue weighted by Crippen LogP contribution is -2.13. The van der Waals surface area contributed by atoms with E-state index in [1.54, 1.807) is 11.3 Å². The molecule has 3 rings (SSSR count). The number of fused-ring (bicyclic) bond motifs is 1. The lowest BCUT2D eigenvalue weighted by Gasteiger charge is -2.19. The number of pyridine rings is 1. The maximum Gasteiger partial charge on any atom is 0.0705 e. The Balaban J connectivity index is 2.19. The van der Waals surface area contributed by atoms with Crippen molar-refractivity contribution < 1.29 is 0 Å². The molecule has 0 radical (unpaired) electrons. The molecule has 2 heterocycles. The third kappa shape index (κ3) is 2.52. The highest BCUT2D eigenvalue weighted by Gasteiger charge is 2.14. The maximum absolute atomic E-state index is 4.53. The molecule has 0 unspecified atom stereocenters. The van der Waals surface area contributed by atoms with Gasteiger partial charge in [-0.3, -0.25) is 4.98 Å². The van der Waals surface area contributed by atoms with Crippen molar-refractivity contribution in [2.45, 2.75) is 26.2 Å². The highest BCUT2D eigenvalue weighted by Crippen LogP contribution is 2.27. The van der Waals surface area contributed by atoms with Gasteiger partial charge in [-0.25, -0.2) is 0 Å². The lowest BCUT2D eigenvalue weighted by atomic mass is 9.87. The van der Waals surface area contributed by atoms with Crippen molar-refractivity contribution >= 4 is 34.6 Å². The van der Waals surface area contributed by atoms with Crippen LogP contribution < -0.4 is 9.75 Å². The van der Waals surface area contributed by atoms with Crippen molar-refractivity contribution in [1.29, 1.82) is 0 Å². The molecule has 0 spiro atoms. The van der Waals surface area contributed by atoms with Crippen LogP contribution in [0.3, 0.4) is 0 Å². The Hall–Kier alpha value is -1.93. The van der Waals surface area contributed by atoms with Gasteiger partial charge in [0.1, 0.15) is 0 Å². The summed E-state index contributed by atoms with van der Waals surface area (Å²) in [6, 6.07) is 10.7. The van der Waals surface area contributed by atoms with Crippen molar-refractivity contribution in [2.24, 2.45) is 0 Å². The van der Waals surface area contributed by atoms with E-state index in [4.69, 9.17) is 0 Å². The second-order valence-corrected chi connectivity index (χ2v) is 7.53. The minimum Gasteiger partial charge on any atom is -0.256 e. The van der Waals surface area contributed by atoms with Crippen LogP contribution in [0.1, 0.15) is 26.3 Å². The second-order valence-electron chi connectivity index (χ2n) is 6.39. The summed E-state index contributed by atoms with van der Waals surface area (Å²) in [4.78, 5) is 4.53. The summed E-state index contributed by atoms with van der Waals surface area (Å²) in [7, 11) is 0. The van der Waals surface area contributed by atoms with Gasteiger partial charge in [-0.2, -0.15) is 0 Å². The molecule has 0 saturated carbocycles. The fraction of sp³-hybridized carbons (Fsp3) is 0.211. The van der Waals surface area contributed by atoms with Crippen LogP contribution in [0.5, 0.6) is 0 Å². The van der Waals surface area contributed by atoms with Gasteiger partial charge in [-0.15, -0.1) is 11.3 Å². The van der Waals surface area contributed by atoms with E-state index in [-0.39, 0.29) is 5.41 Å². The Kier molecular flexibility index (Phi) is 3.22. The third-order valence-corrected chi connectivity index (χ3v) is 4.86. The van der Waals surface area contributed by atoms with Crippen molar-refractivity contribution in [3.63, 3.8) is 0 Å². The van der Waals surface area contributed by atoms with E-state index in [1.165, 1.54) is 15.6 Å². The van der Waals surface area contributed by atoms with Crippen molar-refractivity contribution in [2.75, 3.05) is 0 Å². The van der Waals surface area contributed by atoms with Crippen LogP contribution >= 0.6 is 11.3 Å². The van der Waals surface area contributed by atoms with E-state index in [9.17, 15) is 0 Å². The smallest absolute Gasteiger partial charge is 0.0705 e. The summed E-state index contributed by atoms with van der Waals surface area (Å²) in [5, 5.41) is 2.22. The molecule has 0 aliphatic rings. The van der Waals surface area contributed by atoms with E-state index < -0.39 is 0 Å². The molecule has 0 atom stereocenters. The van der Waals surface area contributed by atoms with E-state index in [0.29, 0.717) is 0 Å². The van der Waals surface area contributed by atoms with Crippen LogP contribution in [0.2, 0.25) is 0 Å². The molecule has 2 heteroatoms. The molecule has 1 aromatic carbocycles. The van der Waals surface area contributed by atoms with Crippen molar-refractivity contribution in [1.82, 2.24) is 4.98 Å². The minimum absolute atomic E-state index is 0.127. The van der Waals surface area contributed by atoms with Gasteiger partial charge in [0.15, 0.2) is 0 Å². The number of rotatable bonds is 1. The van der Waals surface area contributed by atoms with Crippen LogP contribution in [-0.2, 0) is 5.41 Å². The monoisotopic (exact) mass is 293 g/mol. The first-order chi connectivity index (χ1) is 9.86. The molecule has 0 fully saturated rings. The highest BCUT2D eigenvalue weighted by atomic mass is 32.1. The summed E-state index contributed by atoms with van der Waals surface area (Å²) in [5.74, 6) is 0. The summed E-state index contributed by atoms with van der Waals surface area (Å²) >= 11 is 1.70. The Morgan fingerprint density at radius 3 is 2.52 bits per heavy atom. The zero-order valence-corrected chi connectivity index (χ0v) is 13.6. The molecule has 0 N–H and O–H groups in total. The predicted molar refractivity (Wildman–Crippen MR) is 94.1 cm³/mol. The van der Waals surface area contributed by atoms with E-state index in [0.717, 1.165) is 21.0 Å². The number of hydrogen-bond donors (Lipinski definition) is 0. The molecule has 3 aromatic rings. The summed E-state index contributed by atoms with van der Waals surface area (Å²) in [5.41, 5.74) is 3.57. The van der Waals surface area contributed by atoms with Gasteiger partial charge >= 0.3 is 0 Å². The normalized spacial score (nSPS) is 12.0. The van der Waals surface area contributed by atoms with E-state index in [2.05, 4.69) is 69.2 Å². The fourth-order valence-corrected chi connectivity index (χ4v) is 3.34. The molecule has 0 bridgehead atoms. The molecule has 21 heavy (non-hydrogen) atoms. The summed E-state index contributed by atoms with van der Waals surface area (Å²) in [6.07, 6.45) is 1.89. The van der Waals surface area contributed by atoms with Gasteiger partial charge in [0.05, 0.1) is 5.69 Å². The fourth-order valence-electron chi connectivity index (χ4n) is 2.41. The average molecular weight is 293 g/mol. The molecule has 1 nitrogen and oxygen atoms in total. The van der Waals surface area contributed by atoms with Gasteiger partial charge < -0.3 is 0 Å². The first-order valence-corrected chi connectivity index (χ1v) is 7.85. The summed E-state index contributed by atoms with van der Waals surface area (Å²) < 4.78 is 2.28. The average Bonchev–Trinajstić information content (AvgIpc) is 2.73. The Labute approximate surface area is 129 Å². The number of nitrogens with zero attached hydrogens (tertiary/aromatic N) is 1. The molecule has 0 aliphatic heterocycles. The Morgan fingerprint density at radius 1 is 1.05 bits per heavy atom. The molecular weight excluding hydrogens is 274 g/mol. The van der Waals surface area contributed by atoms with Gasteiger partial charge in [0, 0.05) is 26.4 Å². The van der Waals surface area contributed by atoms with Crippen LogP contribution in [-0.4, -0.2) is 4.98 Å².